The van der Waals surface area contributed by atoms with Crippen LogP contribution in [0, 0.1) is 0 Å². The second-order valence-corrected chi connectivity index (χ2v) is 5.71. The molecule has 1 fully saturated rings. The molecule has 1 saturated carbocycles. The molecule has 1 aliphatic heterocycles. The molecule has 3 rings (SSSR count). The number of rotatable bonds is 3. The molecule has 1 aromatic rings. The standard InChI is InChI=1S/C14H18ClN3/c1-18-8-7-16-13(18)17-10-14(5-6-14)11-3-2-4-12(15)9-11/h2-4,9H,5-8,10H2,1H3,(H,16,17). The van der Waals surface area contributed by atoms with Crippen molar-refractivity contribution in [2.75, 3.05) is 26.7 Å². The molecule has 0 bridgehead atoms. The first kappa shape index (κ1) is 11.8. The van der Waals surface area contributed by atoms with Crippen molar-refractivity contribution in [3.63, 3.8) is 0 Å². The summed E-state index contributed by atoms with van der Waals surface area (Å²) in [5.74, 6) is 1.03. The molecule has 1 aromatic carbocycles. The highest BCUT2D eigenvalue weighted by Crippen LogP contribution is 2.48. The Hall–Kier alpha value is -1.22. The third-order valence-corrected chi connectivity index (χ3v) is 4.17. The largest absolute Gasteiger partial charge is 0.355 e. The molecule has 0 unspecified atom stereocenters. The van der Waals surface area contributed by atoms with Gasteiger partial charge in [-0.25, -0.2) is 0 Å². The fourth-order valence-corrected chi connectivity index (χ4v) is 2.70. The molecule has 0 saturated heterocycles. The van der Waals surface area contributed by atoms with Crippen molar-refractivity contribution in [2.24, 2.45) is 4.99 Å². The number of likely N-dealkylation sites (N-methyl/N-ethyl adjacent to an activating group) is 1. The summed E-state index contributed by atoms with van der Waals surface area (Å²) < 4.78 is 0. The molecule has 4 heteroatoms. The minimum absolute atomic E-state index is 0.275. The van der Waals surface area contributed by atoms with Gasteiger partial charge in [0, 0.05) is 30.6 Å². The van der Waals surface area contributed by atoms with Crippen LogP contribution in [-0.2, 0) is 5.41 Å². The number of halogens is 1. The minimum Gasteiger partial charge on any atom is -0.355 e. The monoisotopic (exact) mass is 263 g/mol. The lowest BCUT2D eigenvalue weighted by atomic mass is 9.96. The number of nitrogens with zero attached hydrogens (tertiary/aromatic N) is 2. The third kappa shape index (κ3) is 2.19. The van der Waals surface area contributed by atoms with Gasteiger partial charge in [0.1, 0.15) is 0 Å². The molecule has 1 N–H and O–H groups in total. The SMILES string of the molecule is CN1CCN=C1NCC1(c2cccc(Cl)c2)CC1. The number of hydrogen-bond donors (Lipinski definition) is 1. The molecular weight excluding hydrogens is 246 g/mol. The minimum atomic E-state index is 0.275. The second kappa shape index (κ2) is 4.47. The van der Waals surface area contributed by atoms with Gasteiger partial charge in [0.25, 0.3) is 0 Å². The predicted octanol–water partition coefficient (Wildman–Crippen LogP) is 2.26. The van der Waals surface area contributed by atoms with Crippen LogP contribution in [0.3, 0.4) is 0 Å². The summed E-state index contributed by atoms with van der Waals surface area (Å²) in [6.45, 7) is 2.88. The van der Waals surface area contributed by atoms with Gasteiger partial charge in [0.05, 0.1) is 6.54 Å². The second-order valence-electron chi connectivity index (χ2n) is 5.27. The van der Waals surface area contributed by atoms with Crippen LogP contribution in [0.1, 0.15) is 18.4 Å². The van der Waals surface area contributed by atoms with Gasteiger partial charge >= 0.3 is 0 Å². The molecule has 0 radical (unpaired) electrons. The maximum absolute atomic E-state index is 6.08. The third-order valence-electron chi connectivity index (χ3n) is 3.93. The Morgan fingerprint density at radius 2 is 2.28 bits per heavy atom. The normalized spacial score (nSPS) is 20.8. The Balaban J connectivity index is 1.69. The molecule has 3 nitrogen and oxygen atoms in total. The fraction of sp³-hybridized carbons (Fsp3) is 0.500. The Labute approximate surface area is 113 Å². The van der Waals surface area contributed by atoms with Crippen LogP contribution in [0.4, 0.5) is 0 Å². The van der Waals surface area contributed by atoms with E-state index >= 15 is 0 Å². The fourth-order valence-electron chi connectivity index (χ4n) is 2.51. The van der Waals surface area contributed by atoms with Crippen molar-refractivity contribution in [2.45, 2.75) is 18.3 Å². The van der Waals surface area contributed by atoms with E-state index < -0.39 is 0 Å². The topological polar surface area (TPSA) is 27.6 Å². The molecule has 1 aliphatic carbocycles. The maximum atomic E-state index is 6.08. The van der Waals surface area contributed by atoms with Crippen LogP contribution in [0.2, 0.25) is 5.02 Å². The van der Waals surface area contributed by atoms with Gasteiger partial charge in [-0.2, -0.15) is 0 Å². The van der Waals surface area contributed by atoms with Crippen molar-refractivity contribution >= 4 is 17.6 Å². The lowest BCUT2D eigenvalue weighted by molar-refractivity contribution is 0.523. The maximum Gasteiger partial charge on any atom is 0.193 e. The summed E-state index contributed by atoms with van der Waals surface area (Å²) in [7, 11) is 2.08. The molecule has 18 heavy (non-hydrogen) atoms. The molecule has 0 aromatic heterocycles. The van der Waals surface area contributed by atoms with Gasteiger partial charge in [0.15, 0.2) is 5.96 Å². The van der Waals surface area contributed by atoms with Gasteiger partial charge in [-0.1, -0.05) is 23.7 Å². The summed E-state index contributed by atoms with van der Waals surface area (Å²) >= 11 is 6.08. The zero-order valence-electron chi connectivity index (χ0n) is 10.6. The first-order valence-electron chi connectivity index (χ1n) is 6.45. The average molecular weight is 264 g/mol. The van der Waals surface area contributed by atoms with Crippen molar-refractivity contribution in [1.29, 1.82) is 0 Å². The van der Waals surface area contributed by atoms with Crippen molar-refractivity contribution < 1.29 is 0 Å². The van der Waals surface area contributed by atoms with E-state index in [2.05, 4.69) is 34.4 Å². The number of benzene rings is 1. The summed E-state index contributed by atoms with van der Waals surface area (Å²) in [6, 6.07) is 8.25. The lowest BCUT2D eigenvalue weighted by Crippen LogP contribution is -2.39. The molecular formula is C14H18ClN3. The quantitative estimate of drug-likeness (QED) is 0.906. The van der Waals surface area contributed by atoms with E-state index in [-0.39, 0.29) is 5.41 Å². The number of hydrogen-bond acceptors (Lipinski definition) is 3. The Bertz CT molecular complexity index is 480. The van der Waals surface area contributed by atoms with Crippen molar-refractivity contribution in [3.05, 3.63) is 34.9 Å². The summed E-state index contributed by atoms with van der Waals surface area (Å²) in [5.41, 5.74) is 1.63. The molecule has 96 valence electrons. The smallest absolute Gasteiger partial charge is 0.193 e. The summed E-state index contributed by atoms with van der Waals surface area (Å²) in [6.07, 6.45) is 2.47. The average Bonchev–Trinajstić information content (AvgIpc) is 3.05. The van der Waals surface area contributed by atoms with Crippen molar-refractivity contribution in [1.82, 2.24) is 10.2 Å². The highest BCUT2D eigenvalue weighted by molar-refractivity contribution is 6.30. The van der Waals surface area contributed by atoms with Crippen LogP contribution < -0.4 is 5.32 Å². The summed E-state index contributed by atoms with van der Waals surface area (Å²) in [4.78, 5) is 6.64. The van der Waals surface area contributed by atoms with E-state index in [1.807, 2.05) is 12.1 Å². The first-order valence-corrected chi connectivity index (χ1v) is 6.83. The zero-order valence-corrected chi connectivity index (χ0v) is 11.4. The number of nitrogens with one attached hydrogen (secondary N) is 1. The highest BCUT2D eigenvalue weighted by atomic mass is 35.5. The molecule has 0 spiro atoms. The van der Waals surface area contributed by atoms with E-state index in [4.69, 9.17) is 11.6 Å². The van der Waals surface area contributed by atoms with Gasteiger partial charge in [-0.05, 0) is 30.5 Å². The van der Waals surface area contributed by atoms with E-state index in [1.165, 1.54) is 18.4 Å². The number of guanidine groups is 1. The molecule has 0 amide bonds. The lowest BCUT2D eigenvalue weighted by Gasteiger charge is -2.21. The first-order chi connectivity index (χ1) is 8.70. The van der Waals surface area contributed by atoms with E-state index in [9.17, 15) is 0 Å². The van der Waals surface area contributed by atoms with Crippen LogP contribution in [-0.4, -0.2) is 37.5 Å². The molecule has 0 atom stereocenters. The van der Waals surface area contributed by atoms with E-state index in [1.54, 1.807) is 0 Å². The van der Waals surface area contributed by atoms with Crippen LogP contribution in [0.25, 0.3) is 0 Å². The Morgan fingerprint density at radius 1 is 1.44 bits per heavy atom. The van der Waals surface area contributed by atoms with Gasteiger partial charge in [0.2, 0.25) is 0 Å². The Morgan fingerprint density at radius 3 is 2.89 bits per heavy atom. The molecule has 1 heterocycles. The Kier molecular flexibility index (Phi) is 2.94. The van der Waals surface area contributed by atoms with E-state index in [0.717, 1.165) is 30.6 Å². The van der Waals surface area contributed by atoms with Crippen LogP contribution in [0.15, 0.2) is 29.3 Å². The zero-order chi connectivity index (χ0) is 12.6. The highest BCUT2D eigenvalue weighted by Gasteiger charge is 2.44. The van der Waals surface area contributed by atoms with Crippen LogP contribution in [0.5, 0.6) is 0 Å². The predicted molar refractivity (Wildman–Crippen MR) is 75.3 cm³/mol. The number of aliphatic imine (C=N–C) groups is 1. The van der Waals surface area contributed by atoms with Gasteiger partial charge in [-0.15, -0.1) is 0 Å². The summed E-state index contributed by atoms with van der Waals surface area (Å²) in [5, 5.41) is 4.31. The molecule has 2 aliphatic rings. The van der Waals surface area contributed by atoms with E-state index in [0.29, 0.717) is 0 Å². The van der Waals surface area contributed by atoms with Gasteiger partial charge < -0.3 is 10.2 Å². The van der Waals surface area contributed by atoms with Crippen LogP contribution >= 0.6 is 11.6 Å². The van der Waals surface area contributed by atoms with Gasteiger partial charge in [-0.3, -0.25) is 4.99 Å². The van der Waals surface area contributed by atoms with Crippen molar-refractivity contribution in [3.8, 4) is 0 Å².